The molecule has 1 aromatic heterocycles. The Morgan fingerprint density at radius 3 is 2.69 bits per heavy atom. The van der Waals surface area contributed by atoms with Crippen LogP contribution in [0.4, 0.5) is 5.69 Å². The van der Waals surface area contributed by atoms with Gasteiger partial charge in [-0.05, 0) is 60.9 Å². The van der Waals surface area contributed by atoms with Crippen molar-refractivity contribution in [2.24, 2.45) is 0 Å². The number of unbranched alkanes of at least 4 members (excludes halogenated alkanes) is 1. The van der Waals surface area contributed by atoms with E-state index >= 15 is 0 Å². The molecule has 0 aliphatic heterocycles. The number of anilines is 1. The fourth-order valence-corrected chi connectivity index (χ4v) is 3.07. The van der Waals surface area contributed by atoms with Crippen molar-refractivity contribution >= 4 is 40.2 Å². The predicted molar refractivity (Wildman–Crippen MR) is 120 cm³/mol. The second-order valence-electron chi connectivity index (χ2n) is 6.55. The molecule has 2 aromatic carbocycles. The highest BCUT2D eigenvalue weighted by Gasteiger charge is 2.02. The third kappa shape index (κ3) is 6.22. The summed E-state index contributed by atoms with van der Waals surface area (Å²) in [5, 5.41) is 8.07. The van der Waals surface area contributed by atoms with Crippen molar-refractivity contribution in [3.05, 3.63) is 71.4 Å². The van der Waals surface area contributed by atoms with Gasteiger partial charge >= 0.3 is 0 Å². The van der Waals surface area contributed by atoms with E-state index in [9.17, 15) is 4.79 Å². The number of carbonyl (C=O) groups is 1. The molecule has 150 valence electrons. The van der Waals surface area contributed by atoms with E-state index in [1.54, 1.807) is 25.5 Å². The zero-order valence-electron chi connectivity index (χ0n) is 16.3. The van der Waals surface area contributed by atoms with Gasteiger partial charge in [0, 0.05) is 41.5 Å². The molecule has 0 unspecified atom stereocenters. The van der Waals surface area contributed by atoms with Crippen LogP contribution in [0.3, 0.4) is 0 Å². The van der Waals surface area contributed by atoms with Crippen LogP contribution in [0.25, 0.3) is 17.0 Å². The average Bonchev–Trinajstić information content (AvgIpc) is 2.74. The third-order valence-corrected chi connectivity index (χ3v) is 4.70. The molecule has 1 heterocycles. The van der Waals surface area contributed by atoms with Crippen LogP contribution in [0, 0.1) is 0 Å². The van der Waals surface area contributed by atoms with Gasteiger partial charge in [0.2, 0.25) is 5.91 Å². The highest BCUT2D eigenvalue weighted by Crippen LogP contribution is 2.24. The van der Waals surface area contributed by atoms with Crippen LogP contribution in [0.15, 0.2) is 60.8 Å². The number of ether oxygens (including phenoxy) is 1. The van der Waals surface area contributed by atoms with Crippen molar-refractivity contribution in [1.82, 2.24) is 10.3 Å². The molecule has 0 bridgehead atoms. The zero-order valence-corrected chi connectivity index (χ0v) is 17.1. The van der Waals surface area contributed by atoms with E-state index in [0.717, 1.165) is 47.3 Å². The van der Waals surface area contributed by atoms with E-state index in [1.807, 2.05) is 48.5 Å². The number of rotatable bonds is 9. The Labute approximate surface area is 175 Å². The first-order chi connectivity index (χ1) is 14.2. The van der Waals surface area contributed by atoms with Crippen molar-refractivity contribution in [2.45, 2.75) is 12.8 Å². The van der Waals surface area contributed by atoms with Gasteiger partial charge in [-0.15, -0.1) is 0 Å². The molecule has 0 radical (unpaired) electrons. The normalized spacial score (nSPS) is 11.0. The van der Waals surface area contributed by atoms with Gasteiger partial charge in [0.15, 0.2) is 0 Å². The summed E-state index contributed by atoms with van der Waals surface area (Å²) in [5.74, 6) is 0.703. The van der Waals surface area contributed by atoms with E-state index in [0.29, 0.717) is 11.6 Å². The van der Waals surface area contributed by atoms with Crippen molar-refractivity contribution in [2.75, 3.05) is 25.5 Å². The Bertz CT molecular complexity index is 987. The van der Waals surface area contributed by atoms with Crippen molar-refractivity contribution in [3.8, 4) is 5.75 Å². The SMILES string of the molecule is COc1ccc(/C=C/C(=O)NCCCCNc2ccnc3cc(Cl)ccc23)cc1. The molecule has 0 fully saturated rings. The number of methoxy groups -OCH3 is 1. The number of aromatic nitrogens is 1. The van der Waals surface area contributed by atoms with Crippen LogP contribution in [0.5, 0.6) is 5.75 Å². The standard InChI is InChI=1S/C23H24ClN3O2/c1-29-19-8-4-17(5-9-19)6-11-23(28)27-14-3-2-13-25-21-12-15-26-22-16-18(24)7-10-20(21)22/h4-12,15-16H,2-3,13-14H2,1H3,(H,25,26)(H,27,28)/b11-6+. The van der Waals surface area contributed by atoms with E-state index in [2.05, 4.69) is 15.6 Å². The van der Waals surface area contributed by atoms with Gasteiger partial charge < -0.3 is 15.4 Å². The number of hydrogen-bond donors (Lipinski definition) is 2. The number of nitrogens with one attached hydrogen (secondary N) is 2. The molecule has 0 spiro atoms. The minimum absolute atomic E-state index is 0.0919. The third-order valence-electron chi connectivity index (χ3n) is 4.47. The van der Waals surface area contributed by atoms with E-state index in [4.69, 9.17) is 16.3 Å². The lowest BCUT2D eigenvalue weighted by Gasteiger charge is -2.09. The fraction of sp³-hybridized carbons (Fsp3) is 0.217. The number of nitrogens with zero attached hydrogens (tertiary/aromatic N) is 1. The molecule has 3 rings (SSSR count). The summed E-state index contributed by atoms with van der Waals surface area (Å²) in [6, 6.07) is 15.2. The zero-order chi connectivity index (χ0) is 20.5. The number of hydrogen-bond acceptors (Lipinski definition) is 4. The first-order valence-electron chi connectivity index (χ1n) is 9.54. The molecule has 0 saturated carbocycles. The Kier molecular flexibility index (Phi) is 7.47. The fourth-order valence-electron chi connectivity index (χ4n) is 2.91. The molecule has 1 amide bonds. The van der Waals surface area contributed by atoms with Crippen LogP contribution in [0.2, 0.25) is 5.02 Å². The van der Waals surface area contributed by atoms with Crippen LogP contribution in [-0.2, 0) is 4.79 Å². The quantitative estimate of drug-likeness (QED) is 0.389. The molecule has 0 aliphatic carbocycles. The highest BCUT2D eigenvalue weighted by atomic mass is 35.5. The van der Waals surface area contributed by atoms with Gasteiger partial charge in [0.05, 0.1) is 12.6 Å². The number of carbonyl (C=O) groups excluding carboxylic acids is 1. The van der Waals surface area contributed by atoms with Gasteiger partial charge in [-0.3, -0.25) is 9.78 Å². The Morgan fingerprint density at radius 1 is 1.10 bits per heavy atom. The predicted octanol–water partition coefficient (Wildman–Crippen LogP) is 4.92. The van der Waals surface area contributed by atoms with Gasteiger partial charge in [0.25, 0.3) is 0 Å². The van der Waals surface area contributed by atoms with Gasteiger partial charge in [-0.1, -0.05) is 23.7 Å². The molecule has 3 aromatic rings. The molecule has 29 heavy (non-hydrogen) atoms. The summed E-state index contributed by atoms with van der Waals surface area (Å²) < 4.78 is 5.12. The highest BCUT2D eigenvalue weighted by molar-refractivity contribution is 6.31. The summed E-state index contributed by atoms with van der Waals surface area (Å²) >= 11 is 6.02. The molecule has 0 aliphatic rings. The van der Waals surface area contributed by atoms with E-state index in [-0.39, 0.29) is 5.91 Å². The van der Waals surface area contributed by atoms with Crippen LogP contribution >= 0.6 is 11.6 Å². The second kappa shape index (κ2) is 10.5. The number of fused-ring (bicyclic) bond motifs is 1. The number of halogens is 1. The largest absolute Gasteiger partial charge is 0.497 e. The lowest BCUT2D eigenvalue weighted by Crippen LogP contribution is -2.22. The first-order valence-corrected chi connectivity index (χ1v) is 9.91. The Balaban J connectivity index is 1.36. The summed E-state index contributed by atoms with van der Waals surface area (Å²) in [6.45, 7) is 1.46. The number of amides is 1. The van der Waals surface area contributed by atoms with E-state index in [1.165, 1.54) is 0 Å². The summed E-state index contributed by atoms with van der Waals surface area (Å²) in [5.41, 5.74) is 2.87. The lowest BCUT2D eigenvalue weighted by atomic mass is 10.2. The Hall–Kier alpha value is -3.05. The molecule has 0 atom stereocenters. The molecular formula is C23H24ClN3O2. The van der Waals surface area contributed by atoms with Gasteiger partial charge in [-0.25, -0.2) is 0 Å². The Morgan fingerprint density at radius 2 is 1.90 bits per heavy atom. The molecule has 5 nitrogen and oxygen atoms in total. The second-order valence-corrected chi connectivity index (χ2v) is 6.99. The molecule has 6 heteroatoms. The minimum atomic E-state index is -0.0919. The van der Waals surface area contributed by atoms with E-state index < -0.39 is 0 Å². The molecular weight excluding hydrogens is 386 g/mol. The maximum absolute atomic E-state index is 11.9. The summed E-state index contributed by atoms with van der Waals surface area (Å²) in [4.78, 5) is 16.3. The van der Waals surface area contributed by atoms with Crippen LogP contribution < -0.4 is 15.4 Å². The van der Waals surface area contributed by atoms with Crippen molar-refractivity contribution < 1.29 is 9.53 Å². The van der Waals surface area contributed by atoms with Gasteiger partial charge in [-0.2, -0.15) is 0 Å². The maximum atomic E-state index is 11.9. The lowest BCUT2D eigenvalue weighted by molar-refractivity contribution is -0.116. The maximum Gasteiger partial charge on any atom is 0.243 e. The summed E-state index contributed by atoms with van der Waals surface area (Å²) in [6.07, 6.45) is 6.95. The topological polar surface area (TPSA) is 63.2 Å². The summed E-state index contributed by atoms with van der Waals surface area (Å²) in [7, 11) is 1.63. The van der Waals surface area contributed by atoms with Crippen molar-refractivity contribution in [1.29, 1.82) is 0 Å². The first kappa shape index (κ1) is 20.7. The monoisotopic (exact) mass is 409 g/mol. The van der Waals surface area contributed by atoms with Gasteiger partial charge in [0.1, 0.15) is 5.75 Å². The smallest absolute Gasteiger partial charge is 0.243 e. The minimum Gasteiger partial charge on any atom is -0.497 e. The van der Waals surface area contributed by atoms with Crippen molar-refractivity contribution in [3.63, 3.8) is 0 Å². The average molecular weight is 410 g/mol. The molecule has 0 saturated heterocycles. The number of benzene rings is 2. The number of pyridine rings is 1. The molecule has 2 N–H and O–H groups in total. The van der Waals surface area contributed by atoms with Crippen LogP contribution in [0.1, 0.15) is 18.4 Å². The van der Waals surface area contributed by atoms with Crippen LogP contribution in [-0.4, -0.2) is 31.1 Å².